The van der Waals surface area contributed by atoms with Crippen LogP contribution in [0, 0.1) is 6.92 Å². The van der Waals surface area contributed by atoms with E-state index in [9.17, 15) is 9.90 Å². The van der Waals surface area contributed by atoms with Crippen LogP contribution < -0.4 is 0 Å². The van der Waals surface area contributed by atoms with Crippen LogP contribution in [-0.4, -0.2) is 26.3 Å². The molecule has 0 aliphatic carbocycles. The molecule has 0 amide bonds. The van der Waals surface area contributed by atoms with Gasteiger partial charge in [0.1, 0.15) is 21.4 Å². The predicted octanol–water partition coefficient (Wildman–Crippen LogP) is 4.62. The highest BCUT2D eigenvalue weighted by Gasteiger charge is 2.21. The summed E-state index contributed by atoms with van der Waals surface area (Å²) in [7, 11) is 0. The molecule has 2 heterocycles. The number of thioether (sulfide) groups is 1. The minimum atomic E-state index is -0.809. The van der Waals surface area contributed by atoms with E-state index in [0.717, 1.165) is 26.4 Å². The zero-order valence-electron chi connectivity index (χ0n) is 12.8. The van der Waals surface area contributed by atoms with Crippen LogP contribution in [0.1, 0.15) is 18.9 Å². The molecular formula is C17H16N2O2S2. The summed E-state index contributed by atoms with van der Waals surface area (Å²) in [5.74, 6) is -0.809. The highest BCUT2D eigenvalue weighted by molar-refractivity contribution is 8.00. The maximum Gasteiger partial charge on any atom is 0.317 e. The van der Waals surface area contributed by atoms with Crippen LogP contribution in [0.4, 0.5) is 0 Å². The molecule has 6 heteroatoms. The summed E-state index contributed by atoms with van der Waals surface area (Å²) in [5.41, 5.74) is 3.37. The summed E-state index contributed by atoms with van der Waals surface area (Å²) in [6.45, 7) is 3.93. The topological polar surface area (TPSA) is 63.1 Å². The number of aromatic nitrogens is 2. The van der Waals surface area contributed by atoms with Crippen molar-refractivity contribution in [1.29, 1.82) is 0 Å². The first kappa shape index (κ1) is 16.0. The van der Waals surface area contributed by atoms with Crippen LogP contribution in [0.5, 0.6) is 0 Å². The Hall–Kier alpha value is -1.92. The lowest BCUT2D eigenvalue weighted by Gasteiger charge is -2.10. The Morgan fingerprint density at radius 1 is 1.30 bits per heavy atom. The average Bonchev–Trinajstić information content (AvgIpc) is 2.98. The molecule has 0 radical (unpaired) electrons. The van der Waals surface area contributed by atoms with Crippen molar-refractivity contribution in [2.24, 2.45) is 0 Å². The quantitative estimate of drug-likeness (QED) is 0.540. The molecule has 118 valence electrons. The Morgan fingerprint density at radius 2 is 2.04 bits per heavy atom. The van der Waals surface area contributed by atoms with Gasteiger partial charge in [-0.15, -0.1) is 11.3 Å². The van der Waals surface area contributed by atoms with Gasteiger partial charge in [0.25, 0.3) is 0 Å². The number of thiophene rings is 1. The van der Waals surface area contributed by atoms with Crippen LogP contribution in [0.2, 0.25) is 0 Å². The van der Waals surface area contributed by atoms with Crippen molar-refractivity contribution in [3.63, 3.8) is 0 Å². The zero-order valence-corrected chi connectivity index (χ0v) is 14.4. The monoisotopic (exact) mass is 344 g/mol. The third kappa shape index (κ3) is 3.23. The van der Waals surface area contributed by atoms with E-state index in [1.54, 1.807) is 11.3 Å². The summed E-state index contributed by atoms with van der Waals surface area (Å²) < 4.78 is 0. The first-order chi connectivity index (χ1) is 11.1. The minimum absolute atomic E-state index is 0.501. The van der Waals surface area contributed by atoms with Crippen molar-refractivity contribution >= 4 is 39.3 Å². The maximum atomic E-state index is 11.3. The van der Waals surface area contributed by atoms with E-state index >= 15 is 0 Å². The van der Waals surface area contributed by atoms with E-state index in [1.165, 1.54) is 23.7 Å². The lowest BCUT2D eigenvalue weighted by molar-refractivity contribution is -0.136. The van der Waals surface area contributed by atoms with Crippen molar-refractivity contribution in [1.82, 2.24) is 9.97 Å². The fourth-order valence-corrected chi connectivity index (χ4v) is 4.28. The van der Waals surface area contributed by atoms with E-state index in [2.05, 4.69) is 46.5 Å². The molecule has 0 saturated heterocycles. The largest absolute Gasteiger partial charge is 0.480 e. The van der Waals surface area contributed by atoms with E-state index < -0.39 is 11.2 Å². The fraction of sp³-hybridized carbons (Fsp3) is 0.235. The van der Waals surface area contributed by atoms with Crippen LogP contribution in [0.15, 0.2) is 41.0 Å². The second-order valence-electron chi connectivity index (χ2n) is 5.23. The lowest BCUT2D eigenvalue weighted by atomic mass is 10.1. The Bertz CT molecular complexity index is 843. The summed E-state index contributed by atoms with van der Waals surface area (Å²) in [4.78, 5) is 20.9. The van der Waals surface area contributed by atoms with Gasteiger partial charge >= 0.3 is 5.97 Å². The van der Waals surface area contributed by atoms with Gasteiger partial charge in [0, 0.05) is 10.9 Å². The molecule has 1 aromatic carbocycles. The summed E-state index contributed by atoms with van der Waals surface area (Å²) in [5, 5.41) is 12.6. The van der Waals surface area contributed by atoms with E-state index in [0.29, 0.717) is 6.42 Å². The zero-order chi connectivity index (χ0) is 16.4. The summed E-state index contributed by atoms with van der Waals surface area (Å²) in [6, 6.07) is 8.29. The Balaban J connectivity index is 2.10. The number of fused-ring (bicyclic) bond motifs is 1. The van der Waals surface area contributed by atoms with Gasteiger partial charge < -0.3 is 5.11 Å². The first-order valence-electron chi connectivity index (χ1n) is 7.29. The number of nitrogens with zero attached hydrogens (tertiary/aromatic N) is 2. The van der Waals surface area contributed by atoms with Crippen molar-refractivity contribution < 1.29 is 9.90 Å². The predicted molar refractivity (Wildman–Crippen MR) is 95.2 cm³/mol. The van der Waals surface area contributed by atoms with Gasteiger partial charge in [-0.3, -0.25) is 4.79 Å². The molecule has 0 bridgehead atoms. The number of carbonyl (C=O) groups is 1. The molecule has 0 spiro atoms. The van der Waals surface area contributed by atoms with Gasteiger partial charge in [0.05, 0.1) is 5.39 Å². The number of hydrogen-bond acceptors (Lipinski definition) is 5. The van der Waals surface area contributed by atoms with Crippen LogP contribution in [0.25, 0.3) is 21.3 Å². The van der Waals surface area contributed by atoms with E-state index in [4.69, 9.17) is 0 Å². The number of aliphatic carboxylic acids is 1. The highest BCUT2D eigenvalue weighted by Crippen LogP contribution is 2.39. The number of carboxylic acid groups (broad SMARTS) is 1. The van der Waals surface area contributed by atoms with E-state index in [-0.39, 0.29) is 0 Å². The van der Waals surface area contributed by atoms with E-state index in [1.807, 2.05) is 6.92 Å². The van der Waals surface area contributed by atoms with Crippen LogP contribution in [-0.2, 0) is 4.79 Å². The average molecular weight is 344 g/mol. The number of hydrogen-bond donors (Lipinski definition) is 1. The standard InChI is InChI=1S/C17H16N2O2S2/c1-3-13(17(20)21)23-16-14-12(8-22-15(14)18-9-19-16)11-6-4-10(2)5-7-11/h4-9,13H,3H2,1-2H3,(H,20,21)/t13-/m1/s1. The third-order valence-electron chi connectivity index (χ3n) is 3.60. The molecule has 1 atom stereocenters. The molecule has 3 aromatic rings. The van der Waals surface area contributed by atoms with Crippen molar-refractivity contribution in [2.45, 2.75) is 30.5 Å². The van der Waals surface area contributed by atoms with Gasteiger partial charge in [-0.25, -0.2) is 9.97 Å². The first-order valence-corrected chi connectivity index (χ1v) is 9.04. The van der Waals surface area contributed by atoms with Crippen molar-refractivity contribution in [3.05, 3.63) is 41.5 Å². The molecule has 2 aromatic heterocycles. The normalized spacial score (nSPS) is 12.4. The molecule has 23 heavy (non-hydrogen) atoms. The SMILES string of the molecule is CC[C@@H](Sc1ncnc2scc(-c3ccc(C)cc3)c12)C(=O)O. The second kappa shape index (κ2) is 6.68. The Morgan fingerprint density at radius 3 is 2.70 bits per heavy atom. The molecule has 3 rings (SSSR count). The molecule has 0 saturated carbocycles. The molecule has 0 unspecified atom stereocenters. The summed E-state index contributed by atoms with van der Waals surface area (Å²) in [6.07, 6.45) is 2.06. The highest BCUT2D eigenvalue weighted by atomic mass is 32.2. The Kier molecular flexibility index (Phi) is 4.63. The number of carboxylic acids is 1. The molecule has 1 N–H and O–H groups in total. The number of aryl methyl sites for hydroxylation is 1. The van der Waals surface area contributed by atoms with Gasteiger partial charge in [0.2, 0.25) is 0 Å². The molecule has 0 aliphatic rings. The Labute approximate surface area is 142 Å². The van der Waals surface area contributed by atoms with Gasteiger partial charge in [-0.2, -0.15) is 0 Å². The molecule has 0 aliphatic heterocycles. The minimum Gasteiger partial charge on any atom is -0.480 e. The van der Waals surface area contributed by atoms with Gasteiger partial charge in [0.15, 0.2) is 0 Å². The number of benzene rings is 1. The molecule has 4 nitrogen and oxygen atoms in total. The number of rotatable bonds is 5. The van der Waals surface area contributed by atoms with Gasteiger partial charge in [-0.05, 0) is 18.9 Å². The third-order valence-corrected chi connectivity index (χ3v) is 5.84. The molecule has 0 fully saturated rings. The molecular weight excluding hydrogens is 328 g/mol. The smallest absolute Gasteiger partial charge is 0.317 e. The van der Waals surface area contributed by atoms with Crippen molar-refractivity contribution in [2.75, 3.05) is 0 Å². The lowest BCUT2D eigenvalue weighted by Crippen LogP contribution is -2.15. The van der Waals surface area contributed by atoms with Crippen molar-refractivity contribution in [3.8, 4) is 11.1 Å². The second-order valence-corrected chi connectivity index (χ2v) is 7.28. The van der Waals surface area contributed by atoms with Crippen LogP contribution >= 0.6 is 23.1 Å². The van der Waals surface area contributed by atoms with Crippen LogP contribution in [0.3, 0.4) is 0 Å². The van der Waals surface area contributed by atoms with Gasteiger partial charge in [-0.1, -0.05) is 48.5 Å². The fourth-order valence-electron chi connectivity index (χ4n) is 2.33. The summed E-state index contributed by atoms with van der Waals surface area (Å²) >= 11 is 2.86. The maximum absolute atomic E-state index is 11.3.